The molecule has 1 aliphatic heterocycles. The maximum Gasteiger partial charge on any atom is 0.230 e. The van der Waals surface area contributed by atoms with Crippen molar-refractivity contribution in [3.8, 4) is 0 Å². The van der Waals surface area contributed by atoms with Crippen molar-refractivity contribution in [2.75, 3.05) is 29.9 Å². The van der Waals surface area contributed by atoms with Gasteiger partial charge in [0, 0.05) is 32.2 Å². The number of benzene rings is 1. The summed E-state index contributed by atoms with van der Waals surface area (Å²) in [6.07, 6.45) is 7.09. The van der Waals surface area contributed by atoms with Crippen LogP contribution in [0, 0.1) is 0 Å². The molecule has 25 heavy (non-hydrogen) atoms. The number of nitrogens with two attached hydrogens (primary N) is 1. The second kappa shape index (κ2) is 6.96. The fraction of sp³-hybridized carbons (Fsp3) is 0.526. The van der Waals surface area contributed by atoms with Gasteiger partial charge in [0.15, 0.2) is 0 Å². The number of rotatable bonds is 3. The molecule has 1 aliphatic carbocycles. The van der Waals surface area contributed by atoms with Gasteiger partial charge in [-0.15, -0.1) is 0 Å². The van der Waals surface area contributed by atoms with Crippen LogP contribution in [-0.4, -0.2) is 47.2 Å². The SMILES string of the molecule is CN(c1ncnc(N2CCCC(N)C2)n1)C1CCc2ccccc2C1. The van der Waals surface area contributed by atoms with Crippen molar-refractivity contribution in [3.63, 3.8) is 0 Å². The van der Waals surface area contributed by atoms with Crippen LogP contribution in [0.4, 0.5) is 11.9 Å². The van der Waals surface area contributed by atoms with E-state index in [1.165, 1.54) is 11.1 Å². The largest absolute Gasteiger partial charge is 0.340 e. The summed E-state index contributed by atoms with van der Waals surface area (Å²) >= 11 is 0. The molecule has 1 fully saturated rings. The molecule has 4 rings (SSSR count). The first kappa shape index (κ1) is 16.3. The predicted octanol–water partition coefficient (Wildman–Crippen LogP) is 1.79. The van der Waals surface area contributed by atoms with E-state index >= 15 is 0 Å². The first-order chi connectivity index (χ1) is 12.2. The molecule has 1 saturated heterocycles. The molecule has 0 saturated carbocycles. The second-order valence-electron chi connectivity index (χ2n) is 7.21. The highest BCUT2D eigenvalue weighted by atomic mass is 15.3. The number of piperidine rings is 1. The summed E-state index contributed by atoms with van der Waals surface area (Å²) in [6, 6.07) is 9.37. The van der Waals surface area contributed by atoms with Gasteiger partial charge in [0.05, 0.1) is 0 Å². The van der Waals surface area contributed by atoms with Gasteiger partial charge in [-0.05, 0) is 43.2 Å². The van der Waals surface area contributed by atoms with Gasteiger partial charge in [-0.1, -0.05) is 24.3 Å². The van der Waals surface area contributed by atoms with E-state index in [-0.39, 0.29) is 6.04 Å². The van der Waals surface area contributed by atoms with Crippen LogP contribution in [0.3, 0.4) is 0 Å². The van der Waals surface area contributed by atoms with Crippen LogP contribution in [0.15, 0.2) is 30.6 Å². The minimum atomic E-state index is 0.210. The number of likely N-dealkylation sites (N-methyl/N-ethyl adjacent to an activating group) is 1. The molecule has 6 nitrogen and oxygen atoms in total. The topological polar surface area (TPSA) is 71.2 Å². The molecule has 1 aromatic carbocycles. The van der Waals surface area contributed by atoms with Gasteiger partial charge in [-0.3, -0.25) is 0 Å². The van der Waals surface area contributed by atoms with E-state index in [1.807, 2.05) is 0 Å². The van der Waals surface area contributed by atoms with Crippen LogP contribution in [0.25, 0.3) is 0 Å². The zero-order chi connectivity index (χ0) is 17.2. The van der Waals surface area contributed by atoms with Crippen molar-refractivity contribution in [2.45, 2.75) is 44.2 Å². The van der Waals surface area contributed by atoms with Crippen molar-refractivity contribution < 1.29 is 0 Å². The van der Waals surface area contributed by atoms with Gasteiger partial charge in [0.25, 0.3) is 0 Å². The van der Waals surface area contributed by atoms with Gasteiger partial charge in [0.2, 0.25) is 11.9 Å². The lowest BCUT2D eigenvalue weighted by atomic mass is 9.88. The lowest BCUT2D eigenvalue weighted by Crippen LogP contribution is -2.44. The lowest BCUT2D eigenvalue weighted by Gasteiger charge is -2.34. The summed E-state index contributed by atoms with van der Waals surface area (Å²) < 4.78 is 0. The Morgan fingerprint density at radius 2 is 2.00 bits per heavy atom. The smallest absolute Gasteiger partial charge is 0.230 e. The van der Waals surface area contributed by atoms with E-state index < -0.39 is 0 Å². The number of hydrogen-bond donors (Lipinski definition) is 1. The number of aromatic nitrogens is 3. The summed E-state index contributed by atoms with van der Waals surface area (Å²) in [5.41, 5.74) is 9.02. The Balaban J connectivity index is 1.51. The number of hydrogen-bond acceptors (Lipinski definition) is 6. The fourth-order valence-corrected chi connectivity index (χ4v) is 3.97. The normalized spacial score (nSPS) is 23.2. The summed E-state index contributed by atoms with van der Waals surface area (Å²) in [7, 11) is 2.10. The molecule has 1 aromatic heterocycles. The monoisotopic (exact) mass is 338 g/mol. The molecule has 132 valence electrons. The van der Waals surface area contributed by atoms with E-state index in [0.29, 0.717) is 6.04 Å². The van der Waals surface area contributed by atoms with Gasteiger partial charge in [0.1, 0.15) is 6.33 Å². The molecule has 6 heteroatoms. The van der Waals surface area contributed by atoms with Gasteiger partial charge >= 0.3 is 0 Å². The van der Waals surface area contributed by atoms with E-state index in [4.69, 9.17) is 10.7 Å². The maximum atomic E-state index is 6.10. The molecule has 2 aliphatic rings. The zero-order valence-electron chi connectivity index (χ0n) is 14.8. The van der Waals surface area contributed by atoms with Gasteiger partial charge < -0.3 is 15.5 Å². The molecule has 2 aromatic rings. The summed E-state index contributed by atoms with van der Waals surface area (Å²) in [6.45, 7) is 1.79. The average Bonchev–Trinajstić information content (AvgIpc) is 2.67. The predicted molar refractivity (Wildman–Crippen MR) is 99.9 cm³/mol. The van der Waals surface area contributed by atoms with Crippen molar-refractivity contribution >= 4 is 11.9 Å². The standard InChI is InChI=1S/C19H26N6/c1-24(17-9-8-14-5-2-3-6-15(14)11-17)18-21-13-22-19(23-18)25-10-4-7-16(20)12-25/h2-3,5-6,13,16-17H,4,7-12,20H2,1H3. The highest BCUT2D eigenvalue weighted by Crippen LogP contribution is 2.26. The summed E-state index contributed by atoms with van der Waals surface area (Å²) in [5, 5.41) is 0. The third-order valence-electron chi connectivity index (χ3n) is 5.47. The molecule has 2 N–H and O–H groups in total. The molecule has 2 atom stereocenters. The Hall–Kier alpha value is -2.21. The fourth-order valence-electron chi connectivity index (χ4n) is 3.97. The number of fused-ring (bicyclic) bond motifs is 1. The third kappa shape index (κ3) is 3.44. The lowest BCUT2D eigenvalue weighted by molar-refractivity contribution is 0.497. The van der Waals surface area contributed by atoms with E-state index in [0.717, 1.165) is 57.1 Å². The highest BCUT2D eigenvalue weighted by Gasteiger charge is 2.25. The molecule has 2 heterocycles. The van der Waals surface area contributed by atoms with E-state index in [2.05, 4.69) is 51.1 Å². The quantitative estimate of drug-likeness (QED) is 0.920. The summed E-state index contributed by atoms with van der Waals surface area (Å²) in [5.74, 6) is 1.51. The Morgan fingerprint density at radius 1 is 1.16 bits per heavy atom. The van der Waals surface area contributed by atoms with Crippen LogP contribution < -0.4 is 15.5 Å². The molecular weight excluding hydrogens is 312 g/mol. The molecular formula is C19H26N6. The van der Waals surface area contributed by atoms with E-state index in [1.54, 1.807) is 6.33 Å². The minimum absolute atomic E-state index is 0.210. The van der Waals surface area contributed by atoms with Gasteiger partial charge in [-0.25, -0.2) is 9.97 Å². The Labute approximate surface area is 149 Å². The number of aryl methyl sites for hydroxylation is 1. The van der Waals surface area contributed by atoms with Crippen LogP contribution in [0.1, 0.15) is 30.4 Å². The molecule has 0 spiro atoms. The first-order valence-electron chi connectivity index (χ1n) is 9.20. The van der Waals surface area contributed by atoms with Crippen LogP contribution in [-0.2, 0) is 12.8 Å². The van der Waals surface area contributed by atoms with Crippen LogP contribution >= 0.6 is 0 Å². The van der Waals surface area contributed by atoms with Crippen molar-refractivity contribution in [2.24, 2.45) is 5.73 Å². The Morgan fingerprint density at radius 3 is 2.84 bits per heavy atom. The van der Waals surface area contributed by atoms with E-state index in [9.17, 15) is 0 Å². The molecule has 0 radical (unpaired) electrons. The molecule has 2 unspecified atom stereocenters. The Bertz CT molecular complexity index is 733. The Kier molecular flexibility index (Phi) is 4.53. The number of nitrogens with zero attached hydrogens (tertiary/aromatic N) is 5. The first-order valence-corrected chi connectivity index (χ1v) is 9.20. The highest BCUT2D eigenvalue weighted by molar-refractivity contribution is 5.40. The minimum Gasteiger partial charge on any atom is -0.340 e. The van der Waals surface area contributed by atoms with Crippen molar-refractivity contribution in [1.29, 1.82) is 0 Å². The zero-order valence-corrected chi connectivity index (χ0v) is 14.8. The van der Waals surface area contributed by atoms with Crippen LogP contribution in [0.5, 0.6) is 0 Å². The van der Waals surface area contributed by atoms with Crippen molar-refractivity contribution in [1.82, 2.24) is 15.0 Å². The van der Waals surface area contributed by atoms with Crippen LogP contribution in [0.2, 0.25) is 0 Å². The average molecular weight is 338 g/mol. The maximum absolute atomic E-state index is 6.10. The van der Waals surface area contributed by atoms with Crippen molar-refractivity contribution in [3.05, 3.63) is 41.7 Å². The second-order valence-corrected chi connectivity index (χ2v) is 7.21. The van der Waals surface area contributed by atoms with Gasteiger partial charge in [-0.2, -0.15) is 4.98 Å². The summed E-state index contributed by atoms with van der Waals surface area (Å²) in [4.78, 5) is 17.9. The molecule has 0 amide bonds. The number of anilines is 2. The third-order valence-corrected chi connectivity index (χ3v) is 5.47. The molecule has 0 bridgehead atoms.